The molecule has 0 unspecified atom stereocenters. The van der Waals surface area contributed by atoms with E-state index in [9.17, 15) is 4.79 Å². The summed E-state index contributed by atoms with van der Waals surface area (Å²) in [6.45, 7) is 1.11. The number of benzene rings is 2. The van der Waals surface area contributed by atoms with E-state index < -0.39 is 0 Å². The van der Waals surface area contributed by atoms with Gasteiger partial charge in [-0.2, -0.15) is 0 Å². The first-order valence-corrected chi connectivity index (χ1v) is 9.48. The molecule has 0 spiro atoms. The number of halogens is 1. The molecule has 128 valence electrons. The van der Waals surface area contributed by atoms with E-state index in [1.165, 1.54) is 0 Å². The molecule has 1 amide bonds. The summed E-state index contributed by atoms with van der Waals surface area (Å²) in [5.41, 5.74) is 1.05. The van der Waals surface area contributed by atoms with Gasteiger partial charge >= 0.3 is 0 Å². The van der Waals surface area contributed by atoms with Gasteiger partial charge in [0, 0.05) is 16.8 Å². The maximum absolute atomic E-state index is 11.8. The van der Waals surface area contributed by atoms with Gasteiger partial charge in [0.2, 0.25) is 5.91 Å². The van der Waals surface area contributed by atoms with Gasteiger partial charge in [-0.1, -0.05) is 28.1 Å². The number of thioether (sulfide) groups is 1. The van der Waals surface area contributed by atoms with E-state index in [2.05, 4.69) is 21.2 Å². The van der Waals surface area contributed by atoms with Crippen LogP contribution in [0, 0.1) is 0 Å². The van der Waals surface area contributed by atoms with Gasteiger partial charge in [-0.25, -0.2) is 0 Å². The molecule has 2 aromatic carbocycles. The number of ether oxygens (including phenoxy) is 2. The fourth-order valence-corrected chi connectivity index (χ4v) is 2.81. The number of rotatable bonds is 9. The number of methoxy groups -OCH3 is 1. The van der Waals surface area contributed by atoms with Gasteiger partial charge in [-0.05, 0) is 42.0 Å². The molecule has 0 radical (unpaired) electrons. The second-order valence-electron chi connectivity index (χ2n) is 4.98. The van der Waals surface area contributed by atoms with E-state index in [0.717, 1.165) is 27.3 Å². The van der Waals surface area contributed by atoms with Gasteiger partial charge in [0.05, 0.1) is 19.5 Å². The van der Waals surface area contributed by atoms with Crippen LogP contribution >= 0.6 is 27.7 Å². The molecule has 0 saturated carbocycles. The van der Waals surface area contributed by atoms with E-state index in [0.29, 0.717) is 18.9 Å². The van der Waals surface area contributed by atoms with Crippen molar-refractivity contribution < 1.29 is 14.3 Å². The first-order chi connectivity index (χ1) is 11.7. The third-order valence-corrected chi connectivity index (χ3v) is 4.64. The van der Waals surface area contributed by atoms with Crippen molar-refractivity contribution >= 4 is 33.6 Å². The van der Waals surface area contributed by atoms with Gasteiger partial charge in [0.15, 0.2) is 0 Å². The maximum atomic E-state index is 11.8. The molecule has 1 N–H and O–H groups in total. The third-order valence-electron chi connectivity index (χ3n) is 3.19. The minimum atomic E-state index is 0.0273. The average molecular weight is 410 g/mol. The number of nitrogens with one attached hydrogen (secondary N) is 1. The molecule has 4 nitrogen and oxygen atoms in total. The van der Waals surface area contributed by atoms with Crippen LogP contribution in [-0.4, -0.2) is 31.1 Å². The molecule has 0 aromatic heterocycles. The van der Waals surface area contributed by atoms with Crippen molar-refractivity contribution in [3.05, 3.63) is 58.6 Å². The Balaban J connectivity index is 1.56. The van der Waals surface area contributed by atoms with Crippen molar-refractivity contribution in [3.8, 4) is 11.5 Å². The highest BCUT2D eigenvalue weighted by Crippen LogP contribution is 2.16. The van der Waals surface area contributed by atoms with Crippen molar-refractivity contribution in [1.29, 1.82) is 0 Å². The summed E-state index contributed by atoms with van der Waals surface area (Å²) >= 11 is 4.94. The zero-order valence-electron chi connectivity index (χ0n) is 13.5. The van der Waals surface area contributed by atoms with Crippen LogP contribution in [0.5, 0.6) is 11.5 Å². The average Bonchev–Trinajstić information content (AvgIpc) is 2.61. The number of carbonyl (C=O) groups is 1. The van der Waals surface area contributed by atoms with E-state index in [1.54, 1.807) is 18.9 Å². The number of carbonyl (C=O) groups excluding carboxylic acids is 1. The van der Waals surface area contributed by atoms with Crippen molar-refractivity contribution in [2.45, 2.75) is 6.54 Å². The largest absolute Gasteiger partial charge is 0.497 e. The molecule has 2 aromatic rings. The Kier molecular flexibility index (Phi) is 7.98. The molecule has 0 aliphatic carbocycles. The number of hydrogen-bond donors (Lipinski definition) is 1. The summed E-state index contributed by atoms with van der Waals surface area (Å²) in [4.78, 5) is 11.8. The van der Waals surface area contributed by atoms with Gasteiger partial charge in [0.25, 0.3) is 0 Å². The predicted octanol–water partition coefficient (Wildman–Crippen LogP) is 3.89. The molecular weight excluding hydrogens is 390 g/mol. The molecule has 0 bridgehead atoms. The lowest BCUT2D eigenvalue weighted by Crippen LogP contribution is -2.24. The van der Waals surface area contributed by atoms with Crippen molar-refractivity contribution in [2.24, 2.45) is 0 Å². The second-order valence-corrected chi connectivity index (χ2v) is 7.00. The van der Waals surface area contributed by atoms with Crippen LogP contribution in [0.1, 0.15) is 5.56 Å². The Morgan fingerprint density at radius 3 is 2.42 bits per heavy atom. The molecule has 2 rings (SSSR count). The minimum Gasteiger partial charge on any atom is -0.497 e. The molecule has 0 heterocycles. The summed E-state index contributed by atoms with van der Waals surface area (Å²) in [5, 5.41) is 2.90. The zero-order chi connectivity index (χ0) is 17.2. The molecule has 0 saturated heterocycles. The van der Waals surface area contributed by atoms with Crippen LogP contribution < -0.4 is 14.8 Å². The first-order valence-electron chi connectivity index (χ1n) is 7.53. The summed E-state index contributed by atoms with van der Waals surface area (Å²) in [6.07, 6.45) is 0. The minimum absolute atomic E-state index is 0.0273. The van der Waals surface area contributed by atoms with Crippen molar-refractivity contribution in [1.82, 2.24) is 5.32 Å². The Morgan fingerprint density at radius 2 is 1.75 bits per heavy atom. The highest BCUT2D eigenvalue weighted by atomic mass is 79.9. The van der Waals surface area contributed by atoms with E-state index in [-0.39, 0.29) is 5.91 Å². The lowest BCUT2D eigenvalue weighted by atomic mass is 10.2. The van der Waals surface area contributed by atoms with Gasteiger partial charge in [-0.15, -0.1) is 11.8 Å². The topological polar surface area (TPSA) is 47.6 Å². The predicted molar refractivity (Wildman–Crippen MR) is 102 cm³/mol. The molecule has 0 aliphatic rings. The standard InChI is InChI=1S/C18H20BrNO3S/c1-22-16-6-2-14(3-7-16)12-20-18(21)13-24-11-10-23-17-8-4-15(19)5-9-17/h2-9H,10-13H2,1H3,(H,20,21). The highest BCUT2D eigenvalue weighted by Gasteiger charge is 2.02. The molecule has 24 heavy (non-hydrogen) atoms. The van der Waals surface area contributed by atoms with Crippen molar-refractivity contribution in [2.75, 3.05) is 25.2 Å². The van der Waals surface area contributed by atoms with Crippen LogP contribution in [0.25, 0.3) is 0 Å². The summed E-state index contributed by atoms with van der Waals surface area (Å²) in [7, 11) is 1.63. The second kappa shape index (κ2) is 10.3. The SMILES string of the molecule is COc1ccc(CNC(=O)CSCCOc2ccc(Br)cc2)cc1. The number of hydrogen-bond acceptors (Lipinski definition) is 4. The van der Waals surface area contributed by atoms with Crippen LogP contribution in [0.4, 0.5) is 0 Å². The van der Waals surface area contributed by atoms with Crippen molar-refractivity contribution in [3.63, 3.8) is 0 Å². The quantitative estimate of drug-likeness (QED) is 0.638. The zero-order valence-corrected chi connectivity index (χ0v) is 15.9. The normalized spacial score (nSPS) is 10.2. The van der Waals surface area contributed by atoms with E-state index in [4.69, 9.17) is 9.47 Å². The Hall–Kier alpha value is -1.66. The van der Waals surface area contributed by atoms with Gasteiger partial charge in [-0.3, -0.25) is 4.79 Å². The van der Waals surface area contributed by atoms with Gasteiger partial charge < -0.3 is 14.8 Å². The van der Waals surface area contributed by atoms with Gasteiger partial charge in [0.1, 0.15) is 11.5 Å². The number of amides is 1. The molecular formula is C18H20BrNO3S. The summed E-state index contributed by atoms with van der Waals surface area (Å²) in [6, 6.07) is 15.4. The summed E-state index contributed by atoms with van der Waals surface area (Å²) in [5.74, 6) is 2.87. The van der Waals surface area contributed by atoms with E-state index in [1.807, 2.05) is 48.5 Å². The smallest absolute Gasteiger partial charge is 0.230 e. The highest BCUT2D eigenvalue weighted by molar-refractivity contribution is 9.10. The van der Waals surface area contributed by atoms with Crippen LogP contribution in [-0.2, 0) is 11.3 Å². The molecule has 6 heteroatoms. The summed E-state index contributed by atoms with van der Waals surface area (Å²) < 4.78 is 11.7. The molecule has 0 fully saturated rings. The van der Waals surface area contributed by atoms with Crippen LogP contribution in [0.15, 0.2) is 53.0 Å². The van der Waals surface area contributed by atoms with Crippen LogP contribution in [0.2, 0.25) is 0 Å². The molecule has 0 aliphatic heterocycles. The maximum Gasteiger partial charge on any atom is 0.230 e. The lowest BCUT2D eigenvalue weighted by molar-refractivity contribution is -0.118. The van der Waals surface area contributed by atoms with Crippen LogP contribution in [0.3, 0.4) is 0 Å². The molecule has 0 atom stereocenters. The Bertz CT molecular complexity index is 632. The third kappa shape index (κ3) is 6.84. The monoisotopic (exact) mass is 409 g/mol. The van der Waals surface area contributed by atoms with E-state index >= 15 is 0 Å². The Labute approximate surface area is 155 Å². The lowest BCUT2D eigenvalue weighted by Gasteiger charge is -2.07. The fourth-order valence-electron chi connectivity index (χ4n) is 1.91. The first kappa shape index (κ1) is 18.7. The Morgan fingerprint density at radius 1 is 1.08 bits per heavy atom. The fraction of sp³-hybridized carbons (Fsp3) is 0.278.